The van der Waals surface area contributed by atoms with E-state index in [9.17, 15) is 33.9 Å². The highest BCUT2D eigenvalue weighted by Gasteiger charge is 2.38. The van der Waals surface area contributed by atoms with E-state index in [0.717, 1.165) is 19.3 Å². The Balaban J connectivity index is 2.89. The highest BCUT2D eigenvalue weighted by atomic mass is 32.2. The molecule has 0 spiro atoms. The fraction of sp³-hybridized carbons (Fsp3) is 0.778. The highest BCUT2D eigenvalue weighted by Crippen LogP contribution is 2.22. The Bertz CT molecular complexity index is 887. The fourth-order valence-corrected chi connectivity index (χ4v) is 5.56. The third kappa shape index (κ3) is 12.2. The van der Waals surface area contributed by atoms with E-state index in [4.69, 9.17) is 5.73 Å². The second kappa shape index (κ2) is 18.6. The number of ketones is 1. The van der Waals surface area contributed by atoms with Crippen molar-refractivity contribution < 1.29 is 33.9 Å². The molecular weight excluding hydrogens is 538 g/mol. The molecule has 228 valence electrons. The fourth-order valence-electron chi connectivity index (χ4n) is 4.58. The quantitative estimate of drug-likeness (QED) is 0.139. The molecule has 1 heterocycles. The number of amides is 4. The van der Waals surface area contributed by atoms with Crippen LogP contribution in [0.25, 0.3) is 0 Å². The zero-order valence-corrected chi connectivity index (χ0v) is 25.0. The molecule has 12 nitrogen and oxygen atoms in total. The smallest absolute Gasteiger partial charge is 0.327 e. The Morgan fingerprint density at radius 3 is 2.40 bits per heavy atom. The number of nitrogens with zero attached hydrogens (tertiary/aromatic N) is 1. The van der Waals surface area contributed by atoms with E-state index in [1.807, 2.05) is 20.8 Å². The summed E-state index contributed by atoms with van der Waals surface area (Å²) in [5.41, 5.74) is 8.43. The van der Waals surface area contributed by atoms with Crippen molar-refractivity contribution in [1.29, 1.82) is 0 Å². The summed E-state index contributed by atoms with van der Waals surface area (Å²) in [5.74, 6) is -3.48. The maximum Gasteiger partial charge on any atom is 0.327 e. The van der Waals surface area contributed by atoms with Crippen LogP contribution in [-0.2, 0) is 28.8 Å². The van der Waals surface area contributed by atoms with Gasteiger partial charge in [0.1, 0.15) is 12.1 Å². The SMILES string of the molecule is CCCCCC(CC(N)=O)C(=O)N1NCCCC1C(=O)NC(C(=O)CCSCC(NC(C)=O)C(=O)O)C(C)CC. The number of nitrogens with two attached hydrogens (primary N) is 1. The molecule has 0 aromatic rings. The number of hydrazine groups is 1. The first-order chi connectivity index (χ1) is 18.9. The van der Waals surface area contributed by atoms with Gasteiger partial charge in [-0.2, -0.15) is 11.8 Å². The predicted molar refractivity (Wildman–Crippen MR) is 153 cm³/mol. The lowest BCUT2D eigenvalue weighted by atomic mass is 9.92. The van der Waals surface area contributed by atoms with E-state index in [1.54, 1.807) is 0 Å². The summed E-state index contributed by atoms with van der Waals surface area (Å²) >= 11 is 1.23. The van der Waals surface area contributed by atoms with Crippen LogP contribution in [0.1, 0.15) is 85.5 Å². The molecule has 6 N–H and O–H groups in total. The Hall–Kier alpha value is -2.67. The third-order valence-electron chi connectivity index (χ3n) is 7.05. The van der Waals surface area contributed by atoms with Crippen molar-refractivity contribution in [2.24, 2.45) is 17.6 Å². The van der Waals surface area contributed by atoms with Crippen molar-refractivity contribution in [3.05, 3.63) is 0 Å². The average Bonchev–Trinajstić information content (AvgIpc) is 2.91. The molecule has 0 aromatic carbocycles. The van der Waals surface area contributed by atoms with Gasteiger partial charge < -0.3 is 21.5 Å². The van der Waals surface area contributed by atoms with Gasteiger partial charge in [-0.15, -0.1) is 0 Å². The first-order valence-corrected chi connectivity index (χ1v) is 15.3. The first-order valence-electron chi connectivity index (χ1n) is 14.2. The second-order valence-corrected chi connectivity index (χ2v) is 11.5. The van der Waals surface area contributed by atoms with Crippen molar-refractivity contribution >= 4 is 47.1 Å². The van der Waals surface area contributed by atoms with Crippen LogP contribution < -0.4 is 21.8 Å². The molecule has 5 atom stereocenters. The van der Waals surface area contributed by atoms with Crippen molar-refractivity contribution in [2.75, 3.05) is 18.1 Å². The van der Waals surface area contributed by atoms with Gasteiger partial charge in [-0.1, -0.05) is 46.5 Å². The Morgan fingerprint density at radius 1 is 1.12 bits per heavy atom. The molecule has 0 aliphatic carbocycles. The average molecular weight is 586 g/mol. The van der Waals surface area contributed by atoms with Gasteiger partial charge in [0.05, 0.1) is 6.04 Å². The molecule has 5 unspecified atom stereocenters. The van der Waals surface area contributed by atoms with Crippen LogP contribution in [0.4, 0.5) is 0 Å². The first kappa shape index (κ1) is 35.4. The van der Waals surface area contributed by atoms with E-state index in [0.29, 0.717) is 38.0 Å². The van der Waals surface area contributed by atoms with Crippen molar-refractivity contribution in [1.82, 2.24) is 21.1 Å². The topological polar surface area (TPSA) is 188 Å². The molecule has 0 aromatic heterocycles. The summed E-state index contributed by atoms with van der Waals surface area (Å²) < 4.78 is 0. The molecular formula is C27H47N5O7S. The van der Waals surface area contributed by atoms with Gasteiger partial charge in [0.2, 0.25) is 23.6 Å². The lowest BCUT2D eigenvalue weighted by Crippen LogP contribution is -2.62. The number of primary amides is 1. The Labute approximate surface area is 241 Å². The van der Waals surface area contributed by atoms with Crippen molar-refractivity contribution in [3.8, 4) is 0 Å². The standard InChI is InChI=1S/C27H47N5O7S/c1-5-7-8-10-19(15-23(28)35)26(37)32-21(11-9-13-29-32)25(36)31-24(17(3)6-2)22(34)12-14-40-16-20(27(38)39)30-18(4)33/h17,19-21,24,29H,5-16H2,1-4H3,(H2,28,35)(H,30,33)(H,31,36)(H,38,39). The number of hydrogen-bond acceptors (Lipinski definition) is 8. The van der Waals surface area contributed by atoms with Crippen LogP contribution in [0.3, 0.4) is 0 Å². The van der Waals surface area contributed by atoms with Crippen molar-refractivity contribution in [2.45, 2.75) is 104 Å². The van der Waals surface area contributed by atoms with Crippen molar-refractivity contribution in [3.63, 3.8) is 0 Å². The van der Waals surface area contributed by atoms with Crippen LogP contribution in [0, 0.1) is 11.8 Å². The summed E-state index contributed by atoms with van der Waals surface area (Å²) in [4.78, 5) is 74.2. The van der Waals surface area contributed by atoms with Crippen LogP contribution >= 0.6 is 11.8 Å². The summed E-state index contributed by atoms with van der Waals surface area (Å²) in [6.07, 6.45) is 4.88. The minimum Gasteiger partial charge on any atom is -0.480 e. The second-order valence-electron chi connectivity index (χ2n) is 10.4. The number of Topliss-reactive ketones (excluding diaryl/α,β-unsaturated/α-hetero) is 1. The molecule has 0 radical (unpaired) electrons. The number of thioether (sulfide) groups is 1. The molecule has 1 aliphatic rings. The summed E-state index contributed by atoms with van der Waals surface area (Å²) in [5, 5.41) is 15.8. The molecule has 0 bridgehead atoms. The number of unbranched alkanes of at least 4 members (excludes halogenated alkanes) is 2. The Morgan fingerprint density at radius 2 is 1.82 bits per heavy atom. The van der Waals surface area contributed by atoms with Crippen LogP contribution in [-0.4, -0.2) is 81.7 Å². The van der Waals surface area contributed by atoms with Gasteiger partial charge in [0.15, 0.2) is 5.78 Å². The summed E-state index contributed by atoms with van der Waals surface area (Å²) in [6.45, 7) is 7.58. The normalized spacial score (nSPS) is 18.2. The predicted octanol–water partition coefficient (Wildman–Crippen LogP) is 1.37. The minimum atomic E-state index is -1.15. The van der Waals surface area contributed by atoms with E-state index >= 15 is 0 Å². The number of hydrogen-bond donors (Lipinski definition) is 5. The van der Waals surface area contributed by atoms with Gasteiger partial charge in [-0.25, -0.2) is 10.2 Å². The zero-order valence-electron chi connectivity index (χ0n) is 24.2. The molecule has 1 rings (SSSR count). The van der Waals surface area contributed by atoms with Crippen LogP contribution in [0.15, 0.2) is 0 Å². The number of carbonyl (C=O) groups is 6. The minimum absolute atomic E-state index is 0.0919. The van der Waals surface area contributed by atoms with Gasteiger partial charge >= 0.3 is 5.97 Å². The molecule has 40 heavy (non-hydrogen) atoms. The highest BCUT2D eigenvalue weighted by molar-refractivity contribution is 7.99. The molecule has 1 fully saturated rings. The summed E-state index contributed by atoms with van der Waals surface area (Å²) in [7, 11) is 0. The number of carboxylic acid groups (broad SMARTS) is 1. The number of aliphatic carboxylic acids is 1. The molecule has 13 heteroatoms. The largest absolute Gasteiger partial charge is 0.480 e. The van der Waals surface area contributed by atoms with Crippen LogP contribution in [0.5, 0.6) is 0 Å². The summed E-state index contributed by atoms with van der Waals surface area (Å²) in [6, 6.07) is -2.65. The Kier molecular flexibility index (Phi) is 16.5. The lowest BCUT2D eigenvalue weighted by molar-refractivity contribution is -0.151. The van der Waals surface area contributed by atoms with Gasteiger partial charge in [0, 0.05) is 43.7 Å². The number of nitrogens with one attached hydrogen (secondary N) is 3. The van der Waals surface area contributed by atoms with Gasteiger partial charge in [0.25, 0.3) is 0 Å². The zero-order chi connectivity index (χ0) is 30.2. The van der Waals surface area contributed by atoms with Crippen LogP contribution in [0.2, 0.25) is 0 Å². The van der Waals surface area contributed by atoms with E-state index in [1.165, 1.54) is 23.7 Å². The van der Waals surface area contributed by atoms with E-state index in [2.05, 4.69) is 16.1 Å². The number of carboxylic acids is 1. The van der Waals surface area contributed by atoms with Gasteiger partial charge in [-0.05, 0) is 25.2 Å². The monoisotopic (exact) mass is 585 g/mol. The van der Waals surface area contributed by atoms with E-state index in [-0.39, 0.29) is 36.2 Å². The molecule has 1 aliphatic heterocycles. The van der Waals surface area contributed by atoms with Gasteiger partial charge in [-0.3, -0.25) is 29.0 Å². The number of carbonyl (C=O) groups excluding carboxylic acids is 5. The molecule has 4 amide bonds. The maximum atomic E-state index is 13.5. The lowest BCUT2D eigenvalue weighted by Gasteiger charge is -2.38. The number of rotatable bonds is 19. The maximum absolute atomic E-state index is 13.5. The molecule has 0 saturated carbocycles. The molecule has 1 saturated heterocycles. The third-order valence-corrected chi connectivity index (χ3v) is 8.11. The van der Waals surface area contributed by atoms with E-state index < -0.39 is 47.7 Å².